The standard InChI is InChI=1S/C16H22ClN3O2/c1-2-7-19(9-10-21)16(22)18-14-6-8-20(12-14)15-5-3-4-13(17)11-15/h2-5,11,14,21H,1,6-10,12H2,(H,18,22). The maximum Gasteiger partial charge on any atom is 0.318 e. The molecule has 0 bridgehead atoms. The van der Waals surface area contributed by atoms with Crippen molar-refractivity contribution >= 4 is 23.3 Å². The van der Waals surface area contributed by atoms with Gasteiger partial charge in [0.15, 0.2) is 0 Å². The van der Waals surface area contributed by atoms with Crippen molar-refractivity contribution in [3.63, 3.8) is 0 Å². The third-order valence-corrected chi connectivity index (χ3v) is 3.93. The minimum Gasteiger partial charge on any atom is -0.395 e. The molecule has 1 atom stereocenters. The van der Waals surface area contributed by atoms with Crippen LogP contribution in [0.15, 0.2) is 36.9 Å². The van der Waals surface area contributed by atoms with Crippen LogP contribution in [0.1, 0.15) is 6.42 Å². The largest absolute Gasteiger partial charge is 0.395 e. The van der Waals surface area contributed by atoms with E-state index in [9.17, 15) is 4.79 Å². The summed E-state index contributed by atoms with van der Waals surface area (Å²) in [6, 6.07) is 7.66. The van der Waals surface area contributed by atoms with Crippen LogP contribution in [0.2, 0.25) is 5.02 Å². The summed E-state index contributed by atoms with van der Waals surface area (Å²) in [5, 5.41) is 12.7. The Labute approximate surface area is 136 Å². The number of anilines is 1. The van der Waals surface area contributed by atoms with Gasteiger partial charge in [-0.15, -0.1) is 6.58 Å². The molecule has 120 valence electrons. The topological polar surface area (TPSA) is 55.8 Å². The summed E-state index contributed by atoms with van der Waals surface area (Å²) in [6.45, 7) is 5.95. The number of hydrogen-bond acceptors (Lipinski definition) is 3. The lowest BCUT2D eigenvalue weighted by Crippen LogP contribution is -2.46. The molecule has 1 saturated heterocycles. The molecule has 1 aromatic carbocycles. The molecule has 22 heavy (non-hydrogen) atoms. The monoisotopic (exact) mass is 323 g/mol. The van der Waals surface area contributed by atoms with Crippen LogP contribution in [0.25, 0.3) is 0 Å². The summed E-state index contributed by atoms with van der Waals surface area (Å²) < 4.78 is 0. The molecule has 1 aromatic rings. The van der Waals surface area contributed by atoms with E-state index in [2.05, 4.69) is 16.8 Å². The highest BCUT2D eigenvalue weighted by atomic mass is 35.5. The second-order valence-corrected chi connectivity index (χ2v) is 5.76. The van der Waals surface area contributed by atoms with Crippen LogP contribution in [0.5, 0.6) is 0 Å². The molecule has 0 aliphatic carbocycles. The van der Waals surface area contributed by atoms with E-state index in [1.807, 2.05) is 24.3 Å². The Hall–Kier alpha value is -1.72. The van der Waals surface area contributed by atoms with Gasteiger partial charge in [0.2, 0.25) is 0 Å². The molecule has 0 radical (unpaired) electrons. The number of aliphatic hydroxyl groups excluding tert-OH is 1. The zero-order valence-corrected chi connectivity index (χ0v) is 13.3. The lowest BCUT2D eigenvalue weighted by molar-refractivity contribution is 0.181. The van der Waals surface area contributed by atoms with Crippen molar-refractivity contribution in [3.8, 4) is 0 Å². The predicted molar refractivity (Wildman–Crippen MR) is 89.5 cm³/mol. The fourth-order valence-electron chi connectivity index (χ4n) is 2.60. The quantitative estimate of drug-likeness (QED) is 0.788. The van der Waals surface area contributed by atoms with Crippen molar-refractivity contribution in [2.24, 2.45) is 0 Å². The van der Waals surface area contributed by atoms with Crippen molar-refractivity contribution in [1.82, 2.24) is 10.2 Å². The van der Waals surface area contributed by atoms with Crippen molar-refractivity contribution < 1.29 is 9.90 Å². The molecule has 2 rings (SSSR count). The van der Waals surface area contributed by atoms with Gasteiger partial charge in [-0.3, -0.25) is 0 Å². The van der Waals surface area contributed by atoms with Crippen molar-refractivity contribution in [1.29, 1.82) is 0 Å². The highest BCUT2D eigenvalue weighted by molar-refractivity contribution is 6.30. The first-order valence-corrected chi connectivity index (χ1v) is 7.79. The summed E-state index contributed by atoms with van der Waals surface area (Å²) >= 11 is 6.02. The van der Waals surface area contributed by atoms with Crippen LogP contribution in [-0.4, -0.2) is 54.9 Å². The van der Waals surface area contributed by atoms with E-state index in [-0.39, 0.29) is 18.7 Å². The number of nitrogens with zero attached hydrogens (tertiary/aromatic N) is 2. The van der Waals surface area contributed by atoms with Gasteiger partial charge in [-0.25, -0.2) is 4.79 Å². The van der Waals surface area contributed by atoms with Gasteiger partial charge < -0.3 is 20.2 Å². The molecule has 1 unspecified atom stereocenters. The Bertz CT molecular complexity index is 524. The Morgan fingerprint density at radius 3 is 3.09 bits per heavy atom. The number of hydrogen-bond donors (Lipinski definition) is 2. The summed E-state index contributed by atoms with van der Waals surface area (Å²) in [7, 11) is 0. The second-order valence-electron chi connectivity index (χ2n) is 5.32. The zero-order valence-electron chi connectivity index (χ0n) is 12.5. The molecule has 6 heteroatoms. The number of amides is 2. The summed E-state index contributed by atoms with van der Waals surface area (Å²) in [4.78, 5) is 16.0. The van der Waals surface area contributed by atoms with Crippen molar-refractivity contribution in [2.45, 2.75) is 12.5 Å². The normalized spacial score (nSPS) is 17.4. The van der Waals surface area contributed by atoms with Crippen LogP contribution < -0.4 is 10.2 Å². The molecule has 5 nitrogen and oxygen atoms in total. The van der Waals surface area contributed by atoms with Crippen LogP contribution in [0.3, 0.4) is 0 Å². The minimum absolute atomic E-state index is 0.0550. The predicted octanol–water partition coefficient (Wildman–Crippen LogP) is 2.11. The fraction of sp³-hybridized carbons (Fsp3) is 0.438. The van der Waals surface area contributed by atoms with Gasteiger partial charge in [0.05, 0.1) is 6.61 Å². The van der Waals surface area contributed by atoms with Crippen molar-refractivity contribution in [3.05, 3.63) is 41.9 Å². The molecular weight excluding hydrogens is 302 g/mol. The number of carbonyl (C=O) groups excluding carboxylic acids is 1. The van der Waals surface area contributed by atoms with Crippen LogP contribution in [-0.2, 0) is 0 Å². The van der Waals surface area contributed by atoms with Crippen LogP contribution >= 0.6 is 11.6 Å². The number of rotatable bonds is 6. The first-order valence-electron chi connectivity index (χ1n) is 7.41. The van der Waals surface area contributed by atoms with Crippen LogP contribution in [0.4, 0.5) is 10.5 Å². The summed E-state index contributed by atoms with van der Waals surface area (Å²) in [5.41, 5.74) is 1.07. The van der Waals surface area contributed by atoms with E-state index in [1.54, 1.807) is 11.0 Å². The lowest BCUT2D eigenvalue weighted by atomic mass is 10.2. The highest BCUT2D eigenvalue weighted by Gasteiger charge is 2.25. The van der Waals surface area contributed by atoms with E-state index in [0.717, 1.165) is 25.2 Å². The second kappa shape index (κ2) is 8.06. The Kier molecular flexibility index (Phi) is 6.10. The molecule has 2 N–H and O–H groups in total. The van der Waals surface area contributed by atoms with Crippen molar-refractivity contribution in [2.75, 3.05) is 37.7 Å². The number of aliphatic hydroxyl groups is 1. The summed E-state index contributed by atoms with van der Waals surface area (Å²) in [6.07, 6.45) is 2.54. The molecule has 1 aliphatic heterocycles. The number of carbonyl (C=O) groups is 1. The Morgan fingerprint density at radius 1 is 1.59 bits per heavy atom. The maximum atomic E-state index is 12.2. The molecule has 1 aliphatic rings. The Balaban J connectivity index is 1.90. The average Bonchev–Trinajstić information content (AvgIpc) is 2.95. The zero-order chi connectivity index (χ0) is 15.9. The summed E-state index contributed by atoms with van der Waals surface area (Å²) in [5.74, 6) is 0. The van der Waals surface area contributed by atoms with Gasteiger partial charge in [0.1, 0.15) is 0 Å². The van der Waals surface area contributed by atoms with E-state index < -0.39 is 0 Å². The molecule has 2 amide bonds. The first kappa shape index (κ1) is 16.6. The van der Waals surface area contributed by atoms with E-state index in [1.165, 1.54) is 0 Å². The van der Waals surface area contributed by atoms with Gasteiger partial charge in [0, 0.05) is 42.9 Å². The number of urea groups is 1. The maximum absolute atomic E-state index is 12.2. The molecule has 1 fully saturated rings. The van der Waals surface area contributed by atoms with Gasteiger partial charge in [-0.1, -0.05) is 23.7 Å². The SMILES string of the molecule is C=CCN(CCO)C(=O)NC1CCN(c2cccc(Cl)c2)C1. The Morgan fingerprint density at radius 2 is 2.41 bits per heavy atom. The van der Waals surface area contributed by atoms with E-state index in [4.69, 9.17) is 16.7 Å². The molecule has 0 spiro atoms. The fourth-order valence-corrected chi connectivity index (χ4v) is 2.79. The van der Waals surface area contributed by atoms with Gasteiger partial charge in [-0.05, 0) is 24.6 Å². The highest BCUT2D eigenvalue weighted by Crippen LogP contribution is 2.23. The molecular formula is C16H22ClN3O2. The van der Waals surface area contributed by atoms with E-state index in [0.29, 0.717) is 18.1 Å². The van der Waals surface area contributed by atoms with Gasteiger partial charge >= 0.3 is 6.03 Å². The third-order valence-electron chi connectivity index (χ3n) is 3.70. The molecule has 0 aromatic heterocycles. The first-order chi connectivity index (χ1) is 10.6. The number of benzene rings is 1. The average molecular weight is 324 g/mol. The lowest BCUT2D eigenvalue weighted by Gasteiger charge is -2.24. The number of halogens is 1. The van der Waals surface area contributed by atoms with Gasteiger partial charge in [-0.2, -0.15) is 0 Å². The smallest absolute Gasteiger partial charge is 0.318 e. The van der Waals surface area contributed by atoms with Crippen LogP contribution in [0, 0.1) is 0 Å². The molecule has 0 saturated carbocycles. The molecule has 1 heterocycles. The minimum atomic E-state index is -0.160. The third kappa shape index (κ3) is 4.39. The number of nitrogens with one attached hydrogen (secondary N) is 1. The van der Waals surface area contributed by atoms with E-state index >= 15 is 0 Å². The van der Waals surface area contributed by atoms with Gasteiger partial charge in [0.25, 0.3) is 0 Å².